The summed E-state index contributed by atoms with van der Waals surface area (Å²) >= 11 is 0. The Balaban J connectivity index is 1.65. The summed E-state index contributed by atoms with van der Waals surface area (Å²) in [7, 11) is 2.03. The molecular formula is C22H27NO6. The smallest absolute Gasteiger partial charge is 0.509 e. The maximum absolute atomic E-state index is 12.3. The standard InChI is InChI=1S/C22H27NO6/c1-20(2,3)29-19(25)27-14-6-5-12-11-15-22(26)8-7-13(24)18-21(22,9-10-23(15)4)16(12)17(14)28-18/h5-7,15,18,24,26H,8-11H2,1-4H3/t15-,18+,21+,22-/m1/s1. The molecule has 0 aromatic heterocycles. The molecule has 4 aliphatic rings. The van der Waals surface area contributed by atoms with Crippen LogP contribution in [0.3, 0.4) is 0 Å². The van der Waals surface area contributed by atoms with Crippen molar-refractivity contribution in [2.45, 2.75) is 68.8 Å². The van der Waals surface area contributed by atoms with Gasteiger partial charge in [-0.05, 0) is 64.9 Å². The van der Waals surface area contributed by atoms with Gasteiger partial charge in [0.2, 0.25) is 0 Å². The van der Waals surface area contributed by atoms with Crippen molar-refractivity contribution in [1.29, 1.82) is 0 Å². The predicted octanol–water partition coefficient (Wildman–Crippen LogP) is 2.84. The number of benzene rings is 1. The fourth-order valence-electron chi connectivity index (χ4n) is 5.79. The van der Waals surface area contributed by atoms with Crippen LogP contribution in [0.1, 0.15) is 44.7 Å². The summed E-state index contributed by atoms with van der Waals surface area (Å²) in [5, 5.41) is 22.6. The summed E-state index contributed by atoms with van der Waals surface area (Å²) in [4.78, 5) is 14.5. The van der Waals surface area contributed by atoms with Crippen LogP contribution in [0, 0.1) is 0 Å². The van der Waals surface area contributed by atoms with Crippen LogP contribution >= 0.6 is 0 Å². The van der Waals surface area contributed by atoms with Gasteiger partial charge in [-0.1, -0.05) is 6.07 Å². The van der Waals surface area contributed by atoms with E-state index in [0.29, 0.717) is 25.0 Å². The Kier molecular flexibility index (Phi) is 3.67. The van der Waals surface area contributed by atoms with Crippen LogP contribution in [-0.4, -0.2) is 58.2 Å². The van der Waals surface area contributed by atoms with Crippen molar-refractivity contribution in [1.82, 2.24) is 4.90 Å². The lowest BCUT2D eigenvalue weighted by molar-refractivity contribution is -0.163. The van der Waals surface area contributed by atoms with Crippen molar-refractivity contribution in [3.8, 4) is 11.5 Å². The molecule has 0 radical (unpaired) electrons. The molecule has 1 aromatic rings. The molecule has 0 saturated carbocycles. The number of carbonyl (C=O) groups is 1. The first kappa shape index (κ1) is 18.8. The van der Waals surface area contributed by atoms with Crippen molar-refractivity contribution in [3.63, 3.8) is 0 Å². The largest absolute Gasteiger partial charge is 0.514 e. The summed E-state index contributed by atoms with van der Waals surface area (Å²) in [6.07, 6.45) is 1.86. The molecule has 2 aliphatic heterocycles. The zero-order chi connectivity index (χ0) is 20.8. The van der Waals surface area contributed by atoms with Crippen molar-refractivity contribution >= 4 is 6.16 Å². The van der Waals surface area contributed by atoms with E-state index in [-0.39, 0.29) is 17.6 Å². The normalized spacial score (nSPS) is 34.7. The topological polar surface area (TPSA) is 88.5 Å². The summed E-state index contributed by atoms with van der Waals surface area (Å²) in [5.74, 6) is 0.821. The molecule has 0 amide bonds. The highest BCUT2D eigenvalue weighted by molar-refractivity contribution is 5.70. The number of likely N-dealkylation sites (N-methyl/N-ethyl adjacent to an activating group) is 1. The Morgan fingerprint density at radius 1 is 1.34 bits per heavy atom. The molecule has 7 heteroatoms. The first-order valence-corrected chi connectivity index (χ1v) is 10.1. The van der Waals surface area contributed by atoms with E-state index < -0.39 is 28.9 Å². The van der Waals surface area contributed by atoms with Crippen molar-refractivity contribution < 1.29 is 29.2 Å². The van der Waals surface area contributed by atoms with Gasteiger partial charge in [-0.15, -0.1) is 0 Å². The molecule has 2 N–H and O–H groups in total. The van der Waals surface area contributed by atoms with Crippen molar-refractivity contribution in [2.75, 3.05) is 13.6 Å². The van der Waals surface area contributed by atoms with E-state index in [0.717, 1.165) is 17.7 Å². The van der Waals surface area contributed by atoms with E-state index in [4.69, 9.17) is 14.2 Å². The summed E-state index contributed by atoms with van der Waals surface area (Å²) in [5.41, 5.74) is -0.550. The van der Waals surface area contributed by atoms with Crippen molar-refractivity contribution in [2.24, 2.45) is 0 Å². The fraction of sp³-hybridized carbons (Fsp3) is 0.591. The van der Waals surface area contributed by atoms with Crippen LogP contribution in [0.5, 0.6) is 11.5 Å². The van der Waals surface area contributed by atoms with Crippen LogP contribution in [-0.2, 0) is 16.6 Å². The third kappa shape index (κ3) is 2.34. The minimum Gasteiger partial charge on any atom is -0.509 e. The van der Waals surface area contributed by atoms with E-state index >= 15 is 0 Å². The molecule has 29 heavy (non-hydrogen) atoms. The van der Waals surface area contributed by atoms with Gasteiger partial charge in [0.15, 0.2) is 17.6 Å². The van der Waals surface area contributed by atoms with Gasteiger partial charge in [-0.3, -0.25) is 0 Å². The molecule has 1 aromatic carbocycles. The maximum atomic E-state index is 12.3. The van der Waals surface area contributed by atoms with Gasteiger partial charge in [-0.25, -0.2) is 4.79 Å². The molecule has 2 bridgehead atoms. The minimum absolute atomic E-state index is 0.0669. The number of nitrogens with zero attached hydrogens (tertiary/aromatic N) is 1. The van der Waals surface area contributed by atoms with Gasteiger partial charge in [0, 0.05) is 18.0 Å². The van der Waals surface area contributed by atoms with E-state index in [2.05, 4.69) is 4.90 Å². The molecule has 1 spiro atoms. The summed E-state index contributed by atoms with van der Waals surface area (Å²) in [6.45, 7) is 6.10. The Morgan fingerprint density at radius 2 is 2.10 bits per heavy atom. The van der Waals surface area contributed by atoms with E-state index in [1.165, 1.54) is 0 Å². The second kappa shape index (κ2) is 5.67. The number of rotatable bonds is 1. The van der Waals surface area contributed by atoms with E-state index in [1.807, 2.05) is 13.1 Å². The molecule has 7 nitrogen and oxygen atoms in total. The van der Waals surface area contributed by atoms with Crippen LogP contribution in [0.25, 0.3) is 0 Å². The second-order valence-corrected chi connectivity index (χ2v) is 9.67. The highest BCUT2D eigenvalue weighted by atomic mass is 16.7. The SMILES string of the molecule is CN1CC[C@]23c4c5ccc(OC(=O)OC(C)(C)C)c4O[C@H]2C(O)=CC[C@@]3(O)[C@H]1C5. The monoisotopic (exact) mass is 401 g/mol. The van der Waals surface area contributed by atoms with Gasteiger partial charge < -0.3 is 29.3 Å². The number of piperidine rings is 1. The Labute approximate surface area is 169 Å². The van der Waals surface area contributed by atoms with Gasteiger partial charge >= 0.3 is 6.16 Å². The molecule has 1 fully saturated rings. The van der Waals surface area contributed by atoms with Crippen molar-refractivity contribution in [3.05, 3.63) is 35.1 Å². The Hall–Kier alpha value is -2.25. The molecule has 4 atom stereocenters. The first-order valence-electron chi connectivity index (χ1n) is 10.1. The van der Waals surface area contributed by atoms with E-state index in [1.54, 1.807) is 32.9 Å². The highest BCUT2D eigenvalue weighted by Crippen LogP contribution is 2.65. The molecule has 1 saturated heterocycles. The Morgan fingerprint density at radius 3 is 2.83 bits per heavy atom. The maximum Gasteiger partial charge on any atom is 0.514 e. The zero-order valence-corrected chi connectivity index (χ0v) is 17.2. The molecule has 2 aliphatic carbocycles. The van der Waals surface area contributed by atoms with Gasteiger partial charge in [0.05, 0.1) is 11.0 Å². The lowest BCUT2D eigenvalue weighted by Crippen LogP contribution is -2.74. The fourth-order valence-corrected chi connectivity index (χ4v) is 5.79. The van der Waals surface area contributed by atoms with Crippen LogP contribution in [0.2, 0.25) is 0 Å². The molecular weight excluding hydrogens is 374 g/mol. The average Bonchev–Trinajstić information content (AvgIpc) is 2.97. The van der Waals surface area contributed by atoms with E-state index in [9.17, 15) is 15.0 Å². The van der Waals surface area contributed by atoms with Crippen LogP contribution < -0.4 is 9.47 Å². The van der Waals surface area contributed by atoms with Gasteiger partial charge in [0.25, 0.3) is 0 Å². The van der Waals surface area contributed by atoms with Crippen LogP contribution in [0.15, 0.2) is 24.0 Å². The second-order valence-electron chi connectivity index (χ2n) is 9.67. The number of hydrogen-bond donors (Lipinski definition) is 2. The minimum atomic E-state index is -1.06. The first-order chi connectivity index (χ1) is 13.6. The molecule has 0 unspecified atom stereocenters. The Bertz CT molecular complexity index is 934. The highest BCUT2D eigenvalue weighted by Gasteiger charge is 2.71. The number of ether oxygens (including phenoxy) is 3. The number of likely N-dealkylation sites (tertiary alicyclic amines) is 1. The third-order valence-corrected chi connectivity index (χ3v) is 6.94. The summed E-state index contributed by atoms with van der Waals surface area (Å²) in [6, 6.07) is 3.59. The van der Waals surface area contributed by atoms with Gasteiger partial charge in [0.1, 0.15) is 11.4 Å². The predicted molar refractivity (Wildman–Crippen MR) is 104 cm³/mol. The molecule has 156 valence electrons. The molecule has 5 rings (SSSR count). The zero-order valence-electron chi connectivity index (χ0n) is 17.2. The number of carbonyl (C=O) groups excluding carboxylic acids is 1. The molecule has 2 heterocycles. The lowest BCUT2D eigenvalue weighted by atomic mass is 9.50. The van der Waals surface area contributed by atoms with Crippen LogP contribution in [0.4, 0.5) is 4.79 Å². The number of aliphatic hydroxyl groups excluding tert-OH is 1. The number of aliphatic hydroxyl groups is 2. The van der Waals surface area contributed by atoms with Gasteiger partial charge in [-0.2, -0.15) is 0 Å². The third-order valence-electron chi connectivity index (χ3n) is 6.94. The average molecular weight is 401 g/mol. The summed E-state index contributed by atoms with van der Waals surface area (Å²) < 4.78 is 17.0. The number of hydrogen-bond acceptors (Lipinski definition) is 7. The quantitative estimate of drug-likeness (QED) is 0.553. The lowest BCUT2D eigenvalue weighted by Gasteiger charge is -2.61.